The van der Waals surface area contributed by atoms with Gasteiger partial charge in [0.25, 0.3) is 0 Å². The highest BCUT2D eigenvalue weighted by Crippen LogP contribution is 2.38. The molecule has 1 aliphatic heterocycles. The van der Waals surface area contributed by atoms with Crippen LogP contribution < -0.4 is 5.32 Å². The van der Waals surface area contributed by atoms with Gasteiger partial charge in [-0.3, -0.25) is 4.79 Å². The Hall–Kier alpha value is -2.69. The molecule has 4 rings (SSSR count). The average molecular weight is 452 g/mol. The monoisotopic (exact) mass is 451 g/mol. The maximum absolute atomic E-state index is 13.1. The van der Waals surface area contributed by atoms with Crippen LogP contribution in [0.25, 0.3) is 0 Å². The van der Waals surface area contributed by atoms with Crippen LogP contribution in [0.4, 0.5) is 5.69 Å². The number of rotatable bonds is 6. The number of amides is 1. The summed E-state index contributed by atoms with van der Waals surface area (Å²) >= 11 is 0. The summed E-state index contributed by atoms with van der Waals surface area (Å²) in [4.78, 5) is 12.8. The Morgan fingerprint density at radius 2 is 1.66 bits per heavy atom. The molecule has 1 N–H and O–H groups in total. The van der Waals surface area contributed by atoms with Crippen molar-refractivity contribution in [3.63, 3.8) is 0 Å². The summed E-state index contributed by atoms with van der Waals surface area (Å²) in [5.41, 5.74) is 0.841. The van der Waals surface area contributed by atoms with Crippen molar-refractivity contribution in [1.29, 1.82) is 5.26 Å². The van der Waals surface area contributed by atoms with Crippen LogP contribution >= 0.6 is 0 Å². The molecule has 2 aromatic rings. The van der Waals surface area contributed by atoms with Gasteiger partial charge in [-0.2, -0.15) is 9.57 Å². The normalized spacial score (nSPS) is 19.3. The van der Waals surface area contributed by atoms with Crippen molar-refractivity contribution >= 4 is 21.6 Å². The van der Waals surface area contributed by atoms with Crippen LogP contribution in [0.2, 0.25) is 0 Å². The zero-order valence-electron chi connectivity index (χ0n) is 18.2. The predicted molar refractivity (Wildman–Crippen MR) is 123 cm³/mol. The lowest BCUT2D eigenvalue weighted by atomic mass is 9.87. The van der Waals surface area contributed by atoms with Crippen LogP contribution in [0.15, 0.2) is 59.5 Å². The van der Waals surface area contributed by atoms with Crippen LogP contribution in [-0.4, -0.2) is 31.7 Å². The van der Waals surface area contributed by atoms with E-state index in [0.717, 1.165) is 32.1 Å². The lowest BCUT2D eigenvalue weighted by Crippen LogP contribution is -2.38. The molecule has 0 atom stereocenters. The largest absolute Gasteiger partial charge is 0.325 e. The van der Waals surface area contributed by atoms with E-state index in [0.29, 0.717) is 37.5 Å². The smallest absolute Gasteiger partial charge is 0.244 e. The fraction of sp³-hybridized carbons (Fsp3) is 0.440. The number of carbonyl (C=O) groups excluding carboxylic acids is 1. The molecule has 168 valence electrons. The minimum Gasteiger partial charge on any atom is -0.325 e. The van der Waals surface area contributed by atoms with Crippen LogP contribution in [0.1, 0.15) is 44.1 Å². The second kappa shape index (κ2) is 9.43. The number of anilines is 1. The van der Waals surface area contributed by atoms with E-state index in [1.807, 2.05) is 18.2 Å². The summed E-state index contributed by atoms with van der Waals surface area (Å²) in [5.74, 6) is 0.193. The summed E-state index contributed by atoms with van der Waals surface area (Å²) in [7, 11) is -3.57. The number of nitrogens with one attached hydrogen (secondary N) is 1. The fourth-order valence-corrected chi connectivity index (χ4v) is 6.25. The second-order valence-corrected chi connectivity index (χ2v) is 10.9. The highest BCUT2D eigenvalue weighted by atomic mass is 32.2. The minimum absolute atomic E-state index is 0.230. The van der Waals surface area contributed by atoms with Crippen molar-refractivity contribution in [3.8, 4) is 6.07 Å². The molecule has 1 heterocycles. The molecule has 1 saturated heterocycles. The first-order valence-corrected chi connectivity index (χ1v) is 12.7. The minimum atomic E-state index is -3.57. The zero-order chi connectivity index (χ0) is 22.6. The van der Waals surface area contributed by atoms with Gasteiger partial charge >= 0.3 is 0 Å². The van der Waals surface area contributed by atoms with Crippen LogP contribution in [0.3, 0.4) is 0 Å². The third-order valence-corrected chi connectivity index (χ3v) is 8.71. The quantitative estimate of drug-likeness (QED) is 0.707. The molecule has 2 aliphatic rings. The second-order valence-electron chi connectivity index (χ2n) is 8.92. The highest BCUT2D eigenvalue weighted by Gasteiger charge is 2.41. The summed E-state index contributed by atoms with van der Waals surface area (Å²) in [6.45, 7) is 1.03. The van der Waals surface area contributed by atoms with Gasteiger partial charge in [0.05, 0.1) is 11.0 Å². The van der Waals surface area contributed by atoms with Crippen molar-refractivity contribution in [1.82, 2.24) is 4.31 Å². The van der Waals surface area contributed by atoms with Gasteiger partial charge in [0, 0.05) is 18.8 Å². The molecule has 6 nitrogen and oxygen atoms in total. The Morgan fingerprint density at radius 3 is 2.25 bits per heavy atom. The number of carbonyl (C=O) groups is 1. The van der Waals surface area contributed by atoms with Gasteiger partial charge in [-0.05, 0) is 67.9 Å². The first kappa shape index (κ1) is 22.5. The number of nitriles is 1. The maximum Gasteiger partial charge on any atom is 0.244 e. The Balaban J connectivity index is 1.36. The Morgan fingerprint density at radius 1 is 1.03 bits per heavy atom. The molecule has 7 heteroatoms. The number of sulfonamides is 1. The van der Waals surface area contributed by atoms with Crippen LogP contribution in [0.5, 0.6) is 0 Å². The first-order valence-electron chi connectivity index (χ1n) is 11.3. The molecule has 1 amide bonds. The van der Waals surface area contributed by atoms with Gasteiger partial charge in [0.1, 0.15) is 5.41 Å². The van der Waals surface area contributed by atoms with Gasteiger partial charge in [-0.15, -0.1) is 0 Å². The molecule has 1 aliphatic carbocycles. The standard InChI is InChI=1S/C25H29N3O3S/c26-19-25(14-4-5-15-25)24(29)27-22-8-10-23(11-9-22)32(30,31)28-16-12-21(13-17-28)18-20-6-2-1-3-7-20/h1-3,6-11,21H,4-5,12-18H2,(H,27,29). The predicted octanol–water partition coefficient (Wildman–Crippen LogP) is 4.35. The van der Waals surface area contributed by atoms with Gasteiger partial charge in [-0.1, -0.05) is 43.2 Å². The molecule has 0 aromatic heterocycles. The third-order valence-electron chi connectivity index (χ3n) is 6.80. The summed E-state index contributed by atoms with van der Waals surface area (Å²) < 4.78 is 27.7. The number of nitrogens with zero attached hydrogens (tertiary/aromatic N) is 2. The fourth-order valence-electron chi connectivity index (χ4n) is 4.78. The summed E-state index contributed by atoms with van der Waals surface area (Å²) in [6, 6.07) is 18.8. The Labute approximate surface area is 190 Å². The van der Waals surface area contributed by atoms with Gasteiger partial charge < -0.3 is 5.32 Å². The Kier molecular flexibility index (Phi) is 6.63. The van der Waals surface area contributed by atoms with Crippen LogP contribution in [0, 0.1) is 22.7 Å². The molecule has 0 radical (unpaired) electrons. The van der Waals surface area contributed by atoms with Crippen molar-refractivity contribution in [3.05, 3.63) is 60.2 Å². The first-order chi connectivity index (χ1) is 15.4. The summed E-state index contributed by atoms with van der Waals surface area (Å²) in [5, 5.41) is 12.3. The maximum atomic E-state index is 13.1. The van der Waals surface area contributed by atoms with Crippen molar-refractivity contribution in [2.45, 2.75) is 49.8 Å². The van der Waals surface area contributed by atoms with Gasteiger partial charge in [0.2, 0.25) is 15.9 Å². The van der Waals surface area contributed by atoms with E-state index in [1.54, 1.807) is 16.4 Å². The molecule has 2 aromatic carbocycles. The van der Waals surface area contributed by atoms with Crippen molar-refractivity contribution in [2.24, 2.45) is 11.3 Å². The molecule has 0 spiro atoms. The number of benzene rings is 2. The van der Waals surface area contributed by atoms with Crippen molar-refractivity contribution < 1.29 is 13.2 Å². The van der Waals surface area contributed by atoms with E-state index < -0.39 is 15.4 Å². The van der Waals surface area contributed by atoms with E-state index in [9.17, 15) is 18.5 Å². The van der Waals surface area contributed by atoms with E-state index in [2.05, 4.69) is 23.5 Å². The third kappa shape index (κ3) is 4.72. The topological polar surface area (TPSA) is 90.3 Å². The van der Waals surface area contributed by atoms with Crippen molar-refractivity contribution in [2.75, 3.05) is 18.4 Å². The van der Waals surface area contributed by atoms with Gasteiger partial charge in [0.15, 0.2) is 0 Å². The molecular weight excluding hydrogens is 422 g/mol. The molecule has 0 bridgehead atoms. The zero-order valence-corrected chi connectivity index (χ0v) is 19.0. The van der Waals surface area contributed by atoms with Gasteiger partial charge in [-0.25, -0.2) is 8.42 Å². The molecule has 0 unspecified atom stereocenters. The molecule has 2 fully saturated rings. The average Bonchev–Trinajstić information content (AvgIpc) is 3.31. The molecule has 1 saturated carbocycles. The lowest BCUT2D eigenvalue weighted by molar-refractivity contribution is -0.122. The highest BCUT2D eigenvalue weighted by molar-refractivity contribution is 7.89. The van der Waals surface area contributed by atoms with E-state index in [1.165, 1.54) is 17.7 Å². The molecular formula is C25H29N3O3S. The van der Waals surface area contributed by atoms with Crippen LogP contribution in [-0.2, 0) is 21.2 Å². The number of hydrogen-bond donors (Lipinski definition) is 1. The molecule has 32 heavy (non-hydrogen) atoms. The van der Waals surface area contributed by atoms with E-state index in [-0.39, 0.29) is 10.8 Å². The summed E-state index contributed by atoms with van der Waals surface area (Å²) in [6.07, 6.45) is 5.56. The number of piperidine rings is 1. The Bertz CT molecular complexity index is 1080. The van der Waals surface area contributed by atoms with E-state index in [4.69, 9.17) is 0 Å². The SMILES string of the molecule is N#CC1(C(=O)Nc2ccc(S(=O)(=O)N3CCC(Cc4ccccc4)CC3)cc2)CCCC1. The lowest BCUT2D eigenvalue weighted by Gasteiger charge is -2.31. The number of hydrogen-bond acceptors (Lipinski definition) is 4. The van der Waals surface area contributed by atoms with E-state index >= 15 is 0 Å².